The average Bonchev–Trinajstić information content (AvgIpc) is 2.94. The molecular weight excluding hydrogens is 406 g/mol. The van der Waals surface area contributed by atoms with Crippen LogP contribution in [0.3, 0.4) is 0 Å². The molecule has 1 aromatic carbocycles. The highest BCUT2D eigenvalue weighted by atomic mass is 127. The molecule has 0 spiro atoms. The molecule has 21 heavy (non-hydrogen) atoms. The summed E-state index contributed by atoms with van der Waals surface area (Å²) in [6.07, 6.45) is 0. The van der Waals surface area contributed by atoms with Crippen molar-refractivity contribution < 1.29 is 9.31 Å². The van der Waals surface area contributed by atoms with Crippen molar-refractivity contribution >= 4 is 45.3 Å². The van der Waals surface area contributed by atoms with Crippen molar-refractivity contribution in [2.24, 2.45) is 0 Å². The van der Waals surface area contributed by atoms with Crippen LogP contribution in [-0.2, 0) is 5.41 Å². The molecule has 0 saturated heterocycles. The molecule has 1 N–H and O–H groups in total. The lowest BCUT2D eigenvalue weighted by atomic mass is 9.91. The van der Waals surface area contributed by atoms with Crippen LogP contribution in [-0.4, -0.2) is 11.5 Å². The zero-order chi connectivity index (χ0) is 15.6. The van der Waals surface area contributed by atoms with E-state index in [4.69, 9.17) is 0 Å². The fourth-order valence-corrected chi connectivity index (χ4v) is 3.20. The van der Waals surface area contributed by atoms with Gasteiger partial charge in [-0.2, -0.15) is 0 Å². The molecule has 0 fully saturated rings. The van der Waals surface area contributed by atoms with E-state index in [1.165, 1.54) is 17.0 Å². The van der Waals surface area contributed by atoms with Crippen LogP contribution in [0.4, 0.5) is 15.8 Å². The molecule has 2 rings (SSSR count). The summed E-state index contributed by atoms with van der Waals surface area (Å²) in [7, 11) is 0. The van der Waals surface area contributed by atoms with E-state index in [1.54, 1.807) is 33.9 Å². The van der Waals surface area contributed by atoms with E-state index in [2.05, 4.69) is 5.32 Å². The Labute approximate surface area is 139 Å². The van der Waals surface area contributed by atoms with Gasteiger partial charge in [0.1, 0.15) is 11.5 Å². The monoisotopic (exact) mass is 420 g/mol. The van der Waals surface area contributed by atoms with Crippen molar-refractivity contribution in [3.05, 3.63) is 54.0 Å². The molecule has 7 heteroatoms. The Morgan fingerprint density at radius 1 is 1.48 bits per heavy atom. The molecule has 1 aromatic heterocycles. The number of benzene rings is 1. The minimum atomic E-state index is -0.498. The second-order valence-corrected chi connectivity index (χ2v) is 7.37. The molecule has 0 atom stereocenters. The number of nitrogens with one attached hydrogen (secondary N) is 1. The zero-order valence-corrected chi connectivity index (χ0v) is 14.5. The number of nitro groups is 1. The van der Waals surface area contributed by atoms with Crippen LogP contribution in [0.25, 0.3) is 0 Å². The highest BCUT2D eigenvalue weighted by Crippen LogP contribution is 2.32. The van der Waals surface area contributed by atoms with Crippen LogP contribution in [0, 0.1) is 19.5 Å². The van der Waals surface area contributed by atoms with Crippen molar-refractivity contribution in [1.82, 2.24) is 0 Å². The van der Waals surface area contributed by atoms with Gasteiger partial charge in [0, 0.05) is 29.0 Å². The molecule has 112 valence electrons. The van der Waals surface area contributed by atoms with E-state index in [0.717, 1.165) is 0 Å². The number of thiophene rings is 1. The molecule has 0 radical (unpaired) electrons. The van der Waals surface area contributed by atoms with Gasteiger partial charge in [0.25, 0.3) is 5.69 Å². The standard InChI is InChI=1S/C14H14FIN2O2S/c1-14(2,13-4-3-5-21-13)8-17-11-6-9(15)10(16)7-12(11)18(19)20/h3-7,17H,8H2,1-2H3. The van der Waals surface area contributed by atoms with E-state index in [-0.39, 0.29) is 20.4 Å². The molecule has 0 bridgehead atoms. The molecule has 0 saturated carbocycles. The smallest absolute Gasteiger partial charge is 0.293 e. The van der Waals surface area contributed by atoms with Gasteiger partial charge in [-0.3, -0.25) is 10.1 Å². The number of halogens is 2. The fraction of sp³-hybridized carbons (Fsp3) is 0.286. The Hall–Kier alpha value is -1.22. The van der Waals surface area contributed by atoms with Gasteiger partial charge in [0.15, 0.2) is 0 Å². The predicted molar refractivity (Wildman–Crippen MR) is 91.6 cm³/mol. The Balaban J connectivity index is 2.24. The summed E-state index contributed by atoms with van der Waals surface area (Å²) in [5.74, 6) is -0.461. The third kappa shape index (κ3) is 3.70. The van der Waals surface area contributed by atoms with Gasteiger partial charge >= 0.3 is 0 Å². The maximum atomic E-state index is 13.6. The Kier molecular flexibility index (Phi) is 4.82. The lowest BCUT2D eigenvalue weighted by Gasteiger charge is -2.24. The van der Waals surface area contributed by atoms with Crippen molar-refractivity contribution in [1.29, 1.82) is 0 Å². The number of hydrogen-bond donors (Lipinski definition) is 1. The maximum absolute atomic E-state index is 13.6. The summed E-state index contributed by atoms with van der Waals surface area (Å²) in [6.45, 7) is 4.57. The van der Waals surface area contributed by atoms with Gasteiger partial charge in [-0.1, -0.05) is 19.9 Å². The minimum absolute atomic E-state index is 0.109. The van der Waals surface area contributed by atoms with E-state index >= 15 is 0 Å². The second kappa shape index (κ2) is 6.27. The van der Waals surface area contributed by atoms with Gasteiger partial charge in [0.2, 0.25) is 0 Å². The van der Waals surface area contributed by atoms with Crippen molar-refractivity contribution in [3.8, 4) is 0 Å². The van der Waals surface area contributed by atoms with Crippen LogP contribution in [0.2, 0.25) is 0 Å². The lowest BCUT2D eigenvalue weighted by Crippen LogP contribution is -2.26. The Morgan fingerprint density at radius 3 is 2.76 bits per heavy atom. The number of rotatable bonds is 5. The van der Waals surface area contributed by atoms with Gasteiger partial charge in [-0.25, -0.2) is 4.39 Å². The number of anilines is 1. The Bertz CT molecular complexity index is 659. The summed E-state index contributed by atoms with van der Waals surface area (Å²) in [6, 6.07) is 6.42. The molecule has 0 unspecified atom stereocenters. The van der Waals surface area contributed by atoms with Gasteiger partial charge < -0.3 is 5.32 Å². The first-order chi connectivity index (χ1) is 9.81. The van der Waals surface area contributed by atoms with Crippen LogP contribution in [0.15, 0.2) is 29.6 Å². The minimum Gasteiger partial charge on any atom is -0.379 e. The number of hydrogen-bond acceptors (Lipinski definition) is 4. The molecule has 0 aliphatic carbocycles. The van der Waals surface area contributed by atoms with Crippen LogP contribution in [0.5, 0.6) is 0 Å². The van der Waals surface area contributed by atoms with E-state index in [0.29, 0.717) is 6.54 Å². The predicted octanol–water partition coefficient (Wildman–Crippen LogP) is 4.79. The number of nitrogens with zero attached hydrogens (tertiary/aromatic N) is 1. The summed E-state index contributed by atoms with van der Waals surface area (Å²) in [5.41, 5.74) is -0.0908. The topological polar surface area (TPSA) is 55.2 Å². The van der Waals surface area contributed by atoms with Crippen LogP contribution < -0.4 is 5.32 Å². The molecule has 0 aliphatic heterocycles. The highest BCUT2D eigenvalue weighted by Gasteiger charge is 2.24. The molecule has 4 nitrogen and oxygen atoms in total. The third-order valence-electron chi connectivity index (χ3n) is 3.14. The maximum Gasteiger partial charge on any atom is 0.293 e. The molecule has 0 amide bonds. The normalized spacial score (nSPS) is 11.4. The molecular formula is C14H14FIN2O2S. The van der Waals surface area contributed by atoms with Gasteiger partial charge in [0.05, 0.1) is 8.49 Å². The highest BCUT2D eigenvalue weighted by molar-refractivity contribution is 14.1. The van der Waals surface area contributed by atoms with E-state index < -0.39 is 10.7 Å². The van der Waals surface area contributed by atoms with Gasteiger partial charge in [-0.15, -0.1) is 11.3 Å². The largest absolute Gasteiger partial charge is 0.379 e. The quantitative estimate of drug-likeness (QED) is 0.430. The van der Waals surface area contributed by atoms with Crippen molar-refractivity contribution in [3.63, 3.8) is 0 Å². The first-order valence-corrected chi connectivity index (χ1v) is 8.18. The molecule has 2 aromatic rings. The summed E-state index contributed by atoms with van der Waals surface area (Å²) < 4.78 is 13.9. The first kappa shape index (κ1) is 16.2. The number of nitro benzene ring substituents is 1. The second-order valence-electron chi connectivity index (χ2n) is 5.26. The average molecular weight is 420 g/mol. The van der Waals surface area contributed by atoms with E-state index in [9.17, 15) is 14.5 Å². The van der Waals surface area contributed by atoms with Crippen LogP contribution in [0.1, 0.15) is 18.7 Å². The summed E-state index contributed by atoms with van der Waals surface area (Å²) in [4.78, 5) is 11.8. The zero-order valence-electron chi connectivity index (χ0n) is 11.5. The first-order valence-electron chi connectivity index (χ1n) is 6.22. The van der Waals surface area contributed by atoms with Crippen molar-refractivity contribution in [2.45, 2.75) is 19.3 Å². The van der Waals surface area contributed by atoms with Crippen molar-refractivity contribution in [2.75, 3.05) is 11.9 Å². The summed E-state index contributed by atoms with van der Waals surface area (Å²) in [5, 5.41) is 16.1. The molecule has 1 heterocycles. The van der Waals surface area contributed by atoms with Gasteiger partial charge in [-0.05, 0) is 34.0 Å². The third-order valence-corrected chi connectivity index (χ3v) is 5.21. The fourth-order valence-electron chi connectivity index (χ4n) is 1.90. The lowest BCUT2D eigenvalue weighted by molar-refractivity contribution is -0.384. The van der Waals surface area contributed by atoms with E-state index in [1.807, 2.05) is 31.4 Å². The SMILES string of the molecule is CC(C)(CNc1cc(F)c(I)cc1[N+](=O)[O-])c1cccs1. The molecule has 0 aliphatic rings. The van der Waals surface area contributed by atoms with Crippen LogP contribution >= 0.6 is 33.9 Å². The Morgan fingerprint density at radius 2 is 2.19 bits per heavy atom. The summed E-state index contributed by atoms with van der Waals surface area (Å²) >= 11 is 3.38.